The third-order valence-electron chi connectivity index (χ3n) is 4.99. The summed E-state index contributed by atoms with van der Waals surface area (Å²) in [5.74, 6) is -0.350. The highest BCUT2D eigenvalue weighted by atomic mass is 32.1. The van der Waals surface area contributed by atoms with Gasteiger partial charge in [0.1, 0.15) is 6.61 Å². The maximum Gasteiger partial charge on any atom is 0.338 e. The van der Waals surface area contributed by atoms with Crippen LogP contribution in [0.2, 0.25) is 0 Å². The minimum atomic E-state index is -0.429. The number of cyclic esters (lactones) is 1. The van der Waals surface area contributed by atoms with Crippen LogP contribution in [0.1, 0.15) is 42.8 Å². The lowest BCUT2D eigenvalue weighted by Crippen LogP contribution is -2.46. The van der Waals surface area contributed by atoms with Gasteiger partial charge < -0.3 is 10.1 Å². The summed E-state index contributed by atoms with van der Waals surface area (Å²) in [6.45, 7) is 7.06. The number of thiophene rings is 1. The molecule has 2 aliphatic heterocycles. The van der Waals surface area contributed by atoms with Crippen LogP contribution in [0.4, 0.5) is 4.79 Å². The molecular formula is C21H22N2O3S. The predicted octanol–water partition coefficient (Wildman–Crippen LogP) is 4.12. The van der Waals surface area contributed by atoms with Gasteiger partial charge in [-0.25, -0.2) is 9.59 Å². The Morgan fingerprint density at radius 3 is 2.56 bits per heavy atom. The number of amides is 2. The number of esters is 1. The van der Waals surface area contributed by atoms with Crippen LogP contribution >= 0.6 is 11.3 Å². The molecule has 6 heteroatoms. The van der Waals surface area contributed by atoms with Crippen molar-refractivity contribution in [3.05, 3.63) is 69.1 Å². The Balaban J connectivity index is 1.64. The molecule has 2 aromatic rings. The molecule has 2 aliphatic rings. The average molecular weight is 382 g/mol. The van der Waals surface area contributed by atoms with Crippen LogP contribution in [0.25, 0.3) is 0 Å². The van der Waals surface area contributed by atoms with E-state index in [0.29, 0.717) is 17.8 Å². The van der Waals surface area contributed by atoms with Crippen molar-refractivity contribution in [2.45, 2.75) is 38.8 Å². The van der Waals surface area contributed by atoms with Crippen molar-refractivity contribution in [2.24, 2.45) is 0 Å². The Labute approximate surface area is 162 Å². The molecule has 1 atom stereocenters. The summed E-state index contributed by atoms with van der Waals surface area (Å²) in [4.78, 5) is 27.7. The molecule has 1 N–H and O–H groups in total. The third kappa shape index (κ3) is 3.25. The van der Waals surface area contributed by atoms with Crippen LogP contribution in [-0.2, 0) is 21.5 Å². The Morgan fingerprint density at radius 2 is 1.93 bits per heavy atom. The number of nitrogens with one attached hydrogen (secondary N) is 1. The number of carbonyl (C=O) groups excluding carboxylic acids is 2. The van der Waals surface area contributed by atoms with Gasteiger partial charge in [-0.3, -0.25) is 4.90 Å². The molecule has 0 saturated heterocycles. The average Bonchev–Trinajstić information content (AvgIpc) is 3.27. The van der Waals surface area contributed by atoms with Gasteiger partial charge in [-0.2, -0.15) is 0 Å². The zero-order valence-corrected chi connectivity index (χ0v) is 16.4. The summed E-state index contributed by atoms with van der Waals surface area (Å²) in [5.41, 5.74) is 3.55. The predicted molar refractivity (Wildman–Crippen MR) is 104 cm³/mol. The highest BCUT2D eigenvalue weighted by Crippen LogP contribution is 2.37. The lowest BCUT2D eigenvalue weighted by molar-refractivity contribution is -0.136. The van der Waals surface area contributed by atoms with Crippen LogP contribution in [0.5, 0.6) is 0 Å². The first-order valence-electron chi connectivity index (χ1n) is 8.95. The summed E-state index contributed by atoms with van der Waals surface area (Å²) in [6.07, 6.45) is 0. The number of urea groups is 1. The van der Waals surface area contributed by atoms with Crippen LogP contribution in [0.15, 0.2) is 53.0 Å². The Bertz CT molecular complexity index is 908. The zero-order chi connectivity index (χ0) is 19.2. The molecule has 27 heavy (non-hydrogen) atoms. The Morgan fingerprint density at radius 1 is 1.19 bits per heavy atom. The number of nitrogens with zero attached hydrogens (tertiary/aromatic N) is 1. The highest BCUT2D eigenvalue weighted by Gasteiger charge is 2.42. The van der Waals surface area contributed by atoms with E-state index in [1.54, 1.807) is 4.90 Å². The van der Waals surface area contributed by atoms with Crippen LogP contribution in [-0.4, -0.2) is 23.5 Å². The normalized spacial score (nSPS) is 19.8. The standard InChI is InChI=1S/C21H22N2O3S/c1-21(2,3)14-8-6-13(7-9-14)11-23-15-12-26-19(24)17(15)18(22-20(23)25)16-5-4-10-27-16/h4-10,18H,11-12H2,1-3H3,(H,22,25)/t18-/m1/s1. The van der Waals surface area contributed by atoms with Gasteiger partial charge in [0.15, 0.2) is 0 Å². The van der Waals surface area contributed by atoms with E-state index in [1.165, 1.54) is 16.9 Å². The summed E-state index contributed by atoms with van der Waals surface area (Å²) in [5, 5.41) is 4.90. The molecule has 140 valence electrons. The fourth-order valence-electron chi connectivity index (χ4n) is 3.44. The van der Waals surface area contributed by atoms with E-state index < -0.39 is 6.04 Å². The lowest BCUT2D eigenvalue weighted by atomic mass is 9.86. The van der Waals surface area contributed by atoms with Gasteiger partial charge >= 0.3 is 12.0 Å². The highest BCUT2D eigenvalue weighted by molar-refractivity contribution is 7.10. The van der Waals surface area contributed by atoms with E-state index >= 15 is 0 Å². The maximum atomic E-state index is 12.8. The molecular weight excluding hydrogens is 360 g/mol. The fraction of sp³-hybridized carbons (Fsp3) is 0.333. The van der Waals surface area contributed by atoms with E-state index in [-0.39, 0.29) is 24.0 Å². The Kier molecular flexibility index (Phi) is 4.30. The van der Waals surface area contributed by atoms with Gasteiger partial charge in [-0.15, -0.1) is 11.3 Å². The second-order valence-corrected chi connectivity index (χ2v) is 8.85. The number of carbonyl (C=O) groups is 2. The van der Waals surface area contributed by atoms with Crippen molar-refractivity contribution in [3.63, 3.8) is 0 Å². The molecule has 0 bridgehead atoms. The van der Waals surface area contributed by atoms with Gasteiger partial charge in [0, 0.05) is 4.88 Å². The number of ether oxygens (including phenoxy) is 1. The largest absolute Gasteiger partial charge is 0.456 e. The van der Waals surface area contributed by atoms with Crippen LogP contribution in [0, 0.1) is 0 Å². The number of hydrogen-bond donors (Lipinski definition) is 1. The quantitative estimate of drug-likeness (QED) is 0.813. The van der Waals surface area contributed by atoms with Crippen molar-refractivity contribution in [1.82, 2.24) is 10.2 Å². The van der Waals surface area contributed by atoms with Gasteiger partial charge in [0.05, 0.1) is 23.9 Å². The number of hydrogen-bond acceptors (Lipinski definition) is 4. The van der Waals surface area contributed by atoms with E-state index in [4.69, 9.17) is 4.74 Å². The summed E-state index contributed by atoms with van der Waals surface area (Å²) in [6, 6.07) is 11.5. The van der Waals surface area contributed by atoms with Crippen molar-refractivity contribution < 1.29 is 14.3 Å². The topological polar surface area (TPSA) is 58.6 Å². The second-order valence-electron chi connectivity index (χ2n) is 7.87. The molecule has 2 amide bonds. The zero-order valence-electron chi connectivity index (χ0n) is 15.6. The number of rotatable bonds is 3. The molecule has 4 rings (SSSR count). The second kappa shape index (κ2) is 6.53. The van der Waals surface area contributed by atoms with E-state index in [1.807, 2.05) is 29.6 Å². The minimum Gasteiger partial charge on any atom is -0.456 e. The minimum absolute atomic E-state index is 0.0797. The van der Waals surface area contributed by atoms with Gasteiger partial charge in [-0.05, 0) is 28.0 Å². The Hall–Kier alpha value is -2.60. The van der Waals surface area contributed by atoms with Crippen molar-refractivity contribution in [1.29, 1.82) is 0 Å². The van der Waals surface area contributed by atoms with Crippen molar-refractivity contribution in [3.8, 4) is 0 Å². The molecule has 0 radical (unpaired) electrons. The van der Waals surface area contributed by atoms with E-state index in [9.17, 15) is 9.59 Å². The van der Waals surface area contributed by atoms with Gasteiger partial charge in [0.25, 0.3) is 0 Å². The summed E-state index contributed by atoms with van der Waals surface area (Å²) < 4.78 is 5.27. The van der Waals surface area contributed by atoms with Gasteiger partial charge in [0.2, 0.25) is 0 Å². The van der Waals surface area contributed by atoms with Crippen LogP contribution in [0.3, 0.4) is 0 Å². The summed E-state index contributed by atoms with van der Waals surface area (Å²) in [7, 11) is 0. The van der Waals surface area contributed by atoms with Gasteiger partial charge in [-0.1, -0.05) is 51.1 Å². The van der Waals surface area contributed by atoms with E-state index in [2.05, 4.69) is 38.2 Å². The third-order valence-corrected chi connectivity index (χ3v) is 5.92. The fourth-order valence-corrected chi connectivity index (χ4v) is 4.22. The summed E-state index contributed by atoms with van der Waals surface area (Å²) >= 11 is 1.52. The molecule has 0 fully saturated rings. The molecule has 0 unspecified atom stereocenters. The van der Waals surface area contributed by atoms with Crippen molar-refractivity contribution in [2.75, 3.05) is 6.61 Å². The SMILES string of the molecule is CC(C)(C)c1ccc(CN2C(=O)N[C@H](c3cccs3)C3=C2COC3=O)cc1. The first-order valence-corrected chi connectivity index (χ1v) is 9.83. The number of benzene rings is 1. The molecule has 1 aromatic heterocycles. The molecule has 3 heterocycles. The smallest absolute Gasteiger partial charge is 0.338 e. The molecule has 0 spiro atoms. The monoisotopic (exact) mass is 382 g/mol. The lowest BCUT2D eigenvalue weighted by Gasteiger charge is -2.32. The van der Waals surface area contributed by atoms with E-state index in [0.717, 1.165) is 10.4 Å². The van der Waals surface area contributed by atoms with Crippen LogP contribution < -0.4 is 5.32 Å². The maximum absolute atomic E-state index is 12.8. The first-order chi connectivity index (χ1) is 12.8. The molecule has 0 aliphatic carbocycles. The molecule has 1 aromatic carbocycles. The van der Waals surface area contributed by atoms with Crippen molar-refractivity contribution >= 4 is 23.3 Å². The first kappa shape index (κ1) is 17.8. The molecule has 0 saturated carbocycles. The molecule has 5 nitrogen and oxygen atoms in total.